The van der Waals surface area contributed by atoms with E-state index in [9.17, 15) is 32.0 Å². The van der Waals surface area contributed by atoms with Crippen LogP contribution in [0.3, 0.4) is 0 Å². The van der Waals surface area contributed by atoms with Gasteiger partial charge in [0.05, 0.1) is 34.2 Å². The van der Waals surface area contributed by atoms with E-state index in [4.69, 9.17) is 9.47 Å². The highest BCUT2D eigenvalue weighted by Gasteiger charge is 2.23. The third kappa shape index (κ3) is 7.66. The molecule has 0 aliphatic heterocycles. The summed E-state index contributed by atoms with van der Waals surface area (Å²) in [5, 5.41) is 19.2. The number of carbonyl (C=O) groups excluding carboxylic acids is 2. The number of rotatable bonds is 12. The van der Waals surface area contributed by atoms with Gasteiger partial charge in [0.1, 0.15) is 12.2 Å². The maximum atomic E-state index is 13.2. The van der Waals surface area contributed by atoms with E-state index in [2.05, 4.69) is 10.2 Å². The Balaban J connectivity index is 1.69. The van der Waals surface area contributed by atoms with Crippen molar-refractivity contribution in [1.29, 1.82) is 0 Å². The second kappa shape index (κ2) is 13.2. The van der Waals surface area contributed by atoms with Crippen molar-refractivity contribution in [3.05, 3.63) is 75.3 Å². The standard InChI is InChI=1S/C25H25FN4O8S2/c1-4-29(11-12-38-24(31)17-7-6-8-19(14-17)40(26,35)36)18-9-10-21(16(3)13-18)27-28-23-20(25(32)37-5-2)15-22(39-23)30(33)34/h6-10,13-15H,4-5,11-12H2,1-3H3. The number of hydrogen-bond acceptors (Lipinski definition) is 12. The Morgan fingerprint density at radius 1 is 1.07 bits per heavy atom. The van der Waals surface area contributed by atoms with Crippen LogP contribution in [0.4, 0.5) is 25.3 Å². The number of hydrogen-bond donors (Lipinski definition) is 0. The molecule has 0 aliphatic carbocycles. The van der Waals surface area contributed by atoms with Crippen molar-refractivity contribution in [3.8, 4) is 0 Å². The van der Waals surface area contributed by atoms with Gasteiger partial charge in [0.25, 0.3) is 0 Å². The number of anilines is 1. The molecule has 0 bridgehead atoms. The van der Waals surface area contributed by atoms with E-state index in [0.717, 1.165) is 29.4 Å². The second-order valence-electron chi connectivity index (χ2n) is 8.13. The molecule has 1 heterocycles. The van der Waals surface area contributed by atoms with E-state index in [1.54, 1.807) is 26.0 Å². The van der Waals surface area contributed by atoms with Crippen LogP contribution in [0.15, 0.2) is 63.7 Å². The molecule has 0 saturated heterocycles. The monoisotopic (exact) mass is 592 g/mol. The molecule has 3 aromatic rings. The molecular weight excluding hydrogens is 567 g/mol. The smallest absolute Gasteiger partial charge is 0.341 e. The normalized spacial score (nSPS) is 11.4. The molecule has 212 valence electrons. The van der Waals surface area contributed by atoms with Crippen molar-refractivity contribution in [3.63, 3.8) is 0 Å². The van der Waals surface area contributed by atoms with Crippen LogP contribution in [0.2, 0.25) is 0 Å². The Labute approximate surface area is 233 Å². The highest BCUT2D eigenvalue weighted by Crippen LogP contribution is 2.38. The summed E-state index contributed by atoms with van der Waals surface area (Å²) in [6.45, 7) is 6.27. The lowest BCUT2D eigenvalue weighted by Crippen LogP contribution is -2.28. The van der Waals surface area contributed by atoms with Crippen LogP contribution in [-0.4, -0.2) is 51.6 Å². The number of nitro groups is 1. The van der Waals surface area contributed by atoms with Gasteiger partial charge in [-0.2, -0.15) is 8.42 Å². The number of halogens is 1. The molecule has 40 heavy (non-hydrogen) atoms. The number of benzene rings is 2. The molecule has 0 fully saturated rings. The van der Waals surface area contributed by atoms with Gasteiger partial charge in [-0.3, -0.25) is 10.1 Å². The third-order valence-corrected chi connectivity index (χ3v) is 7.28. The van der Waals surface area contributed by atoms with E-state index < -0.39 is 32.0 Å². The summed E-state index contributed by atoms with van der Waals surface area (Å²) < 4.78 is 45.6. The SMILES string of the molecule is CCOC(=O)c1cc([N+](=O)[O-])sc1N=Nc1ccc(N(CC)CCOC(=O)c2cccc(S(=O)(=O)F)c2)cc1C. The lowest BCUT2D eigenvalue weighted by atomic mass is 10.1. The molecule has 0 aliphatic rings. The van der Waals surface area contributed by atoms with Gasteiger partial charge in [0.15, 0.2) is 5.00 Å². The highest BCUT2D eigenvalue weighted by atomic mass is 32.3. The summed E-state index contributed by atoms with van der Waals surface area (Å²) >= 11 is 0.712. The molecule has 3 rings (SSSR count). The number of aryl methyl sites for hydroxylation is 1. The van der Waals surface area contributed by atoms with Gasteiger partial charge in [-0.05, 0) is 74.1 Å². The Morgan fingerprint density at radius 2 is 1.82 bits per heavy atom. The Bertz CT molecular complexity index is 1560. The van der Waals surface area contributed by atoms with Crippen LogP contribution >= 0.6 is 11.3 Å². The molecular formula is C25H25FN4O8S2. The number of nitrogens with zero attached hydrogens (tertiary/aromatic N) is 4. The molecule has 0 unspecified atom stereocenters. The van der Waals surface area contributed by atoms with Gasteiger partial charge in [-0.25, -0.2) is 9.59 Å². The average Bonchev–Trinajstić information content (AvgIpc) is 3.35. The fraction of sp³-hybridized carbons (Fsp3) is 0.280. The number of azo groups is 1. The van der Waals surface area contributed by atoms with E-state index in [1.165, 1.54) is 12.1 Å². The fourth-order valence-electron chi connectivity index (χ4n) is 3.51. The number of thiophene rings is 1. The summed E-state index contributed by atoms with van der Waals surface area (Å²) in [6, 6.07) is 10.9. The van der Waals surface area contributed by atoms with E-state index in [-0.39, 0.29) is 34.3 Å². The quantitative estimate of drug-likeness (QED) is 0.0821. The van der Waals surface area contributed by atoms with Crippen LogP contribution in [-0.2, 0) is 19.7 Å². The van der Waals surface area contributed by atoms with Crippen LogP contribution < -0.4 is 4.90 Å². The molecule has 15 heteroatoms. The maximum absolute atomic E-state index is 13.2. The van der Waals surface area contributed by atoms with Gasteiger partial charge >= 0.3 is 27.2 Å². The first-order valence-electron chi connectivity index (χ1n) is 11.9. The first-order chi connectivity index (χ1) is 18.9. The lowest BCUT2D eigenvalue weighted by Gasteiger charge is -2.23. The molecule has 0 spiro atoms. The first kappa shape index (κ1) is 30.3. The summed E-state index contributed by atoms with van der Waals surface area (Å²) in [5.74, 6) is -1.52. The topological polar surface area (TPSA) is 158 Å². The summed E-state index contributed by atoms with van der Waals surface area (Å²) in [6.07, 6.45) is 0. The van der Waals surface area contributed by atoms with Crippen molar-refractivity contribution in [2.75, 3.05) is 31.2 Å². The lowest BCUT2D eigenvalue weighted by molar-refractivity contribution is -0.380. The molecule has 0 saturated carbocycles. The molecule has 2 aromatic carbocycles. The van der Waals surface area contributed by atoms with Gasteiger partial charge in [0, 0.05) is 18.3 Å². The second-order valence-corrected chi connectivity index (χ2v) is 10.5. The van der Waals surface area contributed by atoms with Crippen molar-refractivity contribution in [2.45, 2.75) is 25.7 Å². The molecule has 0 N–H and O–H groups in total. The molecule has 0 atom stereocenters. The van der Waals surface area contributed by atoms with Gasteiger partial charge in [-0.1, -0.05) is 6.07 Å². The fourth-order valence-corrected chi connectivity index (χ4v) is 4.80. The van der Waals surface area contributed by atoms with Gasteiger partial charge in [-0.15, -0.1) is 14.1 Å². The van der Waals surface area contributed by atoms with Gasteiger partial charge < -0.3 is 14.4 Å². The zero-order chi connectivity index (χ0) is 29.4. The highest BCUT2D eigenvalue weighted by molar-refractivity contribution is 7.86. The molecule has 1 aromatic heterocycles. The van der Waals surface area contributed by atoms with Crippen LogP contribution in [0.5, 0.6) is 0 Å². The number of carbonyl (C=O) groups is 2. The van der Waals surface area contributed by atoms with Crippen LogP contribution in [0, 0.1) is 17.0 Å². The summed E-state index contributed by atoms with van der Waals surface area (Å²) in [5.41, 5.74) is 1.86. The summed E-state index contributed by atoms with van der Waals surface area (Å²) in [4.78, 5) is 36.3. The zero-order valence-corrected chi connectivity index (χ0v) is 23.3. The number of ether oxygens (including phenoxy) is 2. The van der Waals surface area contributed by atoms with E-state index in [1.807, 2.05) is 17.9 Å². The van der Waals surface area contributed by atoms with Crippen molar-refractivity contribution < 1.29 is 36.3 Å². The average molecular weight is 593 g/mol. The molecule has 12 nitrogen and oxygen atoms in total. The predicted molar refractivity (Wildman–Crippen MR) is 145 cm³/mol. The van der Waals surface area contributed by atoms with Crippen LogP contribution in [0.1, 0.15) is 40.1 Å². The zero-order valence-electron chi connectivity index (χ0n) is 21.7. The number of likely N-dealkylation sites (N-methyl/N-ethyl adjacent to an activating group) is 1. The molecule has 0 amide bonds. The van der Waals surface area contributed by atoms with Crippen LogP contribution in [0.25, 0.3) is 0 Å². The molecule has 0 radical (unpaired) electrons. The Hall–Kier alpha value is -4.24. The van der Waals surface area contributed by atoms with E-state index >= 15 is 0 Å². The largest absolute Gasteiger partial charge is 0.462 e. The predicted octanol–water partition coefficient (Wildman–Crippen LogP) is 5.90. The Kier molecular flexibility index (Phi) is 10.0. The summed E-state index contributed by atoms with van der Waals surface area (Å²) in [7, 11) is -4.95. The minimum atomic E-state index is -4.95. The third-order valence-electron chi connectivity index (χ3n) is 5.50. The minimum Gasteiger partial charge on any atom is -0.462 e. The van der Waals surface area contributed by atoms with Crippen molar-refractivity contribution in [1.82, 2.24) is 0 Å². The first-order valence-corrected chi connectivity index (χ1v) is 14.1. The van der Waals surface area contributed by atoms with E-state index in [0.29, 0.717) is 30.1 Å². The van der Waals surface area contributed by atoms with Crippen molar-refractivity contribution >= 4 is 54.9 Å². The minimum absolute atomic E-state index is 0.0203. The number of esters is 2. The van der Waals surface area contributed by atoms with Crippen molar-refractivity contribution in [2.24, 2.45) is 10.2 Å². The Morgan fingerprint density at radius 3 is 2.45 bits per heavy atom. The van der Waals surface area contributed by atoms with Gasteiger partial charge in [0.2, 0.25) is 0 Å². The maximum Gasteiger partial charge on any atom is 0.341 e.